The molecule has 1 saturated carbocycles. The maximum atomic E-state index is 14.4. The van der Waals surface area contributed by atoms with E-state index >= 15 is 0 Å². The number of amides is 1. The van der Waals surface area contributed by atoms with Crippen LogP contribution in [-0.4, -0.2) is 65.1 Å². The van der Waals surface area contributed by atoms with E-state index in [-0.39, 0.29) is 47.9 Å². The number of rotatable bonds is 15. The molecule has 9 nitrogen and oxygen atoms in total. The summed E-state index contributed by atoms with van der Waals surface area (Å²) in [5.74, 6) is -0.00963. The molecule has 5 rings (SSSR count). The second-order valence-electron chi connectivity index (χ2n) is 12.4. The lowest BCUT2D eigenvalue weighted by Crippen LogP contribution is -2.28. The lowest BCUT2D eigenvalue weighted by molar-refractivity contribution is -0.153. The fourth-order valence-corrected chi connectivity index (χ4v) is 7.14. The molecule has 0 spiro atoms. The monoisotopic (exact) mass is 600 g/mol. The van der Waals surface area contributed by atoms with Crippen LogP contribution in [0, 0.1) is 17.7 Å². The number of carbonyl (C=O) groups is 2. The molecular weight excluding hydrogens is 555 g/mol. The molecule has 4 atom stereocenters. The van der Waals surface area contributed by atoms with E-state index in [4.69, 9.17) is 24.1 Å². The van der Waals surface area contributed by atoms with Gasteiger partial charge in [0.1, 0.15) is 18.2 Å². The molecule has 2 aliphatic heterocycles. The van der Waals surface area contributed by atoms with Crippen LogP contribution in [0.3, 0.4) is 0 Å². The largest absolute Gasteiger partial charge is 0.457 e. The van der Waals surface area contributed by atoms with Gasteiger partial charge in [-0.1, -0.05) is 51.0 Å². The summed E-state index contributed by atoms with van der Waals surface area (Å²) >= 11 is 0. The average molecular weight is 601 g/mol. The van der Waals surface area contributed by atoms with Crippen molar-refractivity contribution in [3.8, 4) is 0 Å². The van der Waals surface area contributed by atoms with Gasteiger partial charge < -0.3 is 29.4 Å². The van der Waals surface area contributed by atoms with Gasteiger partial charge in [0.15, 0.2) is 5.69 Å². The number of ether oxygens (including phenoxy) is 2. The molecule has 0 unspecified atom stereocenters. The van der Waals surface area contributed by atoms with Gasteiger partial charge in [-0.15, -0.1) is 0 Å². The molecule has 3 fully saturated rings. The molecule has 3 N–H and O–H groups in total. The highest BCUT2D eigenvalue weighted by molar-refractivity contribution is 5.91. The van der Waals surface area contributed by atoms with Crippen LogP contribution in [0.1, 0.15) is 104 Å². The van der Waals surface area contributed by atoms with E-state index in [0.717, 1.165) is 42.7 Å². The van der Waals surface area contributed by atoms with Gasteiger partial charge >= 0.3 is 5.97 Å². The zero-order valence-electron chi connectivity index (χ0n) is 24.8. The Bertz CT molecular complexity index is 1210. The normalized spacial score (nSPS) is 23.6. The van der Waals surface area contributed by atoms with Crippen LogP contribution in [0.15, 0.2) is 28.9 Å². The number of unbranched alkanes of at least 4 members (excludes halogenated alkanes) is 1. The molecule has 2 aromatic rings. The SMILES string of the molecule is O=C(CCc1ccc(F)cc1C[C@@H]1[C@H](c2nc(C(=O)NCCCCC3CCCCC3)co2)[C@H]2CC[C@H]1O2)OC(CO)CO. The van der Waals surface area contributed by atoms with Crippen molar-refractivity contribution in [2.24, 2.45) is 11.8 Å². The van der Waals surface area contributed by atoms with Crippen LogP contribution in [0.5, 0.6) is 0 Å². The summed E-state index contributed by atoms with van der Waals surface area (Å²) in [6.07, 6.45) is 13.0. The zero-order valence-corrected chi connectivity index (χ0v) is 24.8. The molecule has 2 saturated heterocycles. The van der Waals surface area contributed by atoms with Gasteiger partial charge in [-0.2, -0.15) is 0 Å². The van der Waals surface area contributed by atoms with E-state index in [1.54, 1.807) is 6.07 Å². The smallest absolute Gasteiger partial charge is 0.306 e. The van der Waals surface area contributed by atoms with Gasteiger partial charge in [-0.05, 0) is 61.3 Å². The zero-order chi connectivity index (χ0) is 30.2. The standard InChI is InChI=1S/C33H45FN2O7/c34-24-11-9-22(10-14-30(39)42-25(18-37)19-38)23(16-24)17-26-28-12-13-29(43-28)31(26)33-36-27(20-41-33)32(40)35-15-5-4-8-21-6-2-1-3-7-21/h9,11,16,20-21,25-26,28-29,31,37-38H,1-8,10,12-15,17-19H2,(H,35,40)/t26-,28+,29+,31-/m0/s1. The molecule has 2 bridgehead atoms. The van der Waals surface area contributed by atoms with Gasteiger partial charge in [-0.3, -0.25) is 9.59 Å². The summed E-state index contributed by atoms with van der Waals surface area (Å²) in [5.41, 5.74) is 1.86. The van der Waals surface area contributed by atoms with E-state index in [1.807, 2.05) is 0 Å². The molecule has 10 heteroatoms. The lowest BCUT2D eigenvalue weighted by atomic mass is 9.75. The number of nitrogens with zero attached hydrogens (tertiary/aromatic N) is 1. The second-order valence-corrected chi connectivity index (χ2v) is 12.4. The third kappa shape index (κ3) is 8.22. The molecule has 0 radical (unpaired) electrons. The fourth-order valence-electron chi connectivity index (χ4n) is 7.14. The molecule has 1 amide bonds. The van der Waals surface area contributed by atoms with Crippen molar-refractivity contribution < 1.29 is 38.1 Å². The molecular formula is C33H45FN2O7. The summed E-state index contributed by atoms with van der Waals surface area (Å²) in [4.78, 5) is 29.6. The predicted molar refractivity (Wildman–Crippen MR) is 156 cm³/mol. The van der Waals surface area contributed by atoms with Gasteiger partial charge in [-0.25, -0.2) is 9.37 Å². The van der Waals surface area contributed by atoms with Crippen LogP contribution >= 0.6 is 0 Å². The number of esters is 1. The lowest BCUT2D eigenvalue weighted by Gasteiger charge is -2.26. The number of nitrogens with one attached hydrogen (secondary N) is 1. The topological polar surface area (TPSA) is 131 Å². The van der Waals surface area contributed by atoms with Gasteiger partial charge in [0.25, 0.3) is 5.91 Å². The summed E-state index contributed by atoms with van der Waals surface area (Å²) in [6, 6.07) is 4.55. The van der Waals surface area contributed by atoms with Crippen LogP contribution < -0.4 is 5.32 Å². The number of aryl methyl sites for hydroxylation is 1. The molecule has 3 heterocycles. The maximum Gasteiger partial charge on any atom is 0.306 e. The van der Waals surface area contributed by atoms with Crippen molar-refractivity contribution in [2.45, 2.75) is 108 Å². The minimum Gasteiger partial charge on any atom is -0.457 e. The van der Waals surface area contributed by atoms with Crippen LogP contribution in [0.4, 0.5) is 4.39 Å². The molecule has 1 aromatic heterocycles. The minimum atomic E-state index is -0.953. The number of aliphatic hydroxyl groups excluding tert-OH is 2. The number of aliphatic hydroxyl groups is 2. The van der Waals surface area contributed by atoms with Crippen molar-refractivity contribution >= 4 is 11.9 Å². The number of oxazole rings is 1. The van der Waals surface area contributed by atoms with E-state index in [1.165, 1.54) is 56.9 Å². The Morgan fingerprint density at radius 1 is 1.05 bits per heavy atom. The first-order chi connectivity index (χ1) is 20.9. The van der Waals surface area contributed by atoms with E-state index in [9.17, 15) is 14.0 Å². The molecule has 236 valence electrons. The number of hydrogen-bond acceptors (Lipinski definition) is 8. The highest BCUT2D eigenvalue weighted by Crippen LogP contribution is 2.50. The molecule has 1 aliphatic carbocycles. The first-order valence-corrected chi connectivity index (χ1v) is 16.0. The fraction of sp³-hybridized carbons (Fsp3) is 0.667. The number of aromatic nitrogens is 1. The maximum absolute atomic E-state index is 14.4. The van der Waals surface area contributed by atoms with E-state index in [0.29, 0.717) is 25.3 Å². The quantitative estimate of drug-likeness (QED) is 0.199. The summed E-state index contributed by atoms with van der Waals surface area (Å²) < 4.78 is 31.6. The molecule has 43 heavy (non-hydrogen) atoms. The van der Waals surface area contributed by atoms with E-state index < -0.39 is 25.3 Å². The van der Waals surface area contributed by atoms with Crippen LogP contribution in [0.25, 0.3) is 0 Å². The Morgan fingerprint density at radius 3 is 2.63 bits per heavy atom. The Balaban J connectivity index is 1.18. The third-order valence-corrected chi connectivity index (χ3v) is 9.44. The molecule has 1 aromatic carbocycles. The highest BCUT2D eigenvalue weighted by atomic mass is 19.1. The van der Waals surface area contributed by atoms with Crippen molar-refractivity contribution in [2.75, 3.05) is 19.8 Å². The number of fused-ring (bicyclic) bond motifs is 2. The first-order valence-electron chi connectivity index (χ1n) is 16.0. The molecule has 3 aliphatic rings. The predicted octanol–water partition coefficient (Wildman–Crippen LogP) is 4.63. The summed E-state index contributed by atoms with van der Waals surface area (Å²) in [6.45, 7) is -0.301. The summed E-state index contributed by atoms with van der Waals surface area (Å²) in [5, 5.41) is 21.3. The Hall–Kier alpha value is -2.82. The Labute approximate surface area is 252 Å². The number of halogens is 1. The van der Waals surface area contributed by atoms with Crippen molar-refractivity contribution in [1.82, 2.24) is 10.3 Å². The number of hydrogen-bond donors (Lipinski definition) is 3. The second kappa shape index (κ2) is 15.3. The Kier molecular flexibility index (Phi) is 11.2. The van der Waals surface area contributed by atoms with Crippen molar-refractivity contribution in [3.05, 3.63) is 53.0 Å². The van der Waals surface area contributed by atoms with Crippen molar-refractivity contribution in [1.29, 1.82) is 0 Å². The third-order valence-electron chi connectivity index (χ3n) is 9.44. The number of carbonyl (C=O) groups excluding carboxylic acids is 2. The van der Waals surface area contributed by atoms with E-state index in [2.05, 4.69) is 10.3 Å². The highest BCUT2D eigenvalue weighted by Gasteiger charge is 2.51. The van der Waals surface area contributed by atoms with Gasteiger partial charge in [0, 0.05) is 18.9 Å². The van der Waals surface area contributed by atoms with Crippen LogP contribution in [0.2, 0.25) is 0 Å². The van der Waals surface area contributed by atoms with Gasteiger partial charge in [0.2, 0.25) is 5.89 Å². The Morgan fingerprint density at radius 2 is 1.84 bits per heavy atom. The van der Waals surface area contributed by atoms with Crippen molar-refractivity contribution in [3.63, 3.8) is 0 Å². The average Bonchev–Trinajstić information content (AvgIpc) is 3.77. The number of benzene rings is 1. The minimum absolute atomic E-state index is 0.0197. The summed E-state index contributed by atoms with van der Waals surface area (Å²) in [7, 11) is 0. The van der Waals surface area contributed by atoms with Gasteiger partial charge in [0.05, 0.1) is 31.3 Å². The van der Waals surface area contributed by atoms with Crippen LogP contribution in [-0.2, 0) is 27.1 Å². The first kappa shape index (κ1) is 31.6.